The molecule has 3 heterocycles. The molecule has 0 saturated carbocycles. The molecular formula is C35H41N7O4. The molecule has 0 bridgehead atoms. The van der Waals surface area contributed by atoms with Gasteiger partial charge in [0.1, 0.15) is 12.4 Å². The van der Waals surface area contributed by atoms with Crippen LogP contribution < -0.4 is 21.3 Å². The fourth-order valence-corrected chi connectivity index (χ4v) is 7.16. The number of nitrogens with zero attached hydrogens (tertiary/aromatic N) is 3. The number of likely N-dealkylation sites (tertiary alicyclic amines) is 1. The molecule has 1 aromatic heterocycles. The molecule has 1 aliphatic carbocycles. The van der Waals surface area contributed by atoms with Crippen LogP contribution in [-0.2, 0) is 45.7 Å². The van der Waals surface area contributed by atoms with Crippen molar-refractivity contribution in [2.75, 3.05) is 44.4 Å². The Hall–Kier alpha value is -4.77. The van der Waals surface area contributed by atoms with Gasteiger partial charge in [0.05, 0.1) is 5.41 Å². The van der Waals surface area contributed by atoms with Crippen molar-refractivity contribution in [2.24, 2.45) is 5.41 Å². The van der Waals surface area contributed by atoms with Crippen LogP contribution in [0.2, 0.25) is 0 Å². The van der Waals surface area contributed by atoms with E-state index in [4.69, 9.17) is 0 Å². The molecule has 1 saturated heterocycles. The number of rotatable bonds is 8. The first-order valence-electron chi connectivity index (χ1n) is 15.8. The van der Waals surface area contributed by atoms with E-state index in [1.165, 1.54) is 0 Å². The average molecular weight is 624 g/mol. The largest absolute Gasteiger partial charge is 0.341 e. The lowest BCUT2D eigenvalue weighted by Crippen LogP contribution is -2.52. The summed E-state index contributed by atoms with van der Waals surface area (Å²) in [6.45, 7) is 3.67. The van der Waals surface area contributed by atoms with E-state index in [2.05, 4.69) is 26.3 Å². The van der Waals surface area contributed by atoms with Crippen LogP contribution in [0.5, 0.6) is 0 Å². The summed E-state index contributed by atoms with van der Waals surface area (Å²) in [7, 11) is 3.48. The third-order valence-electron chi connectivity index (χ3n) is 9.82. The number of hydrogen-bond acceptors (Lipinski definition) is 6. The topological polar surface area (TPSA) is 136 Å². The number of fused-ring (bicyclic) bond motifs is 3. The number of urea groups is 1. The van der Waals surface area contributed by atoms with Crippen molar-refractivity contribution in [2.45, 2.75) is 51.1 Å². The Labute approximate surface area is 269 Å². The molecule has 1 fully saturated rings. The first kappa shape index (κ1) is 31.2. The van der Waals surface area contributed by atoms with Crippen LogP contribution in [0.3, 0.4) is 0 Å². The summed E-state index contributed by atoms with van der Waals surface area (Å²) in [5.74, 6) is 0.161. The lowest BCUT2D eigenvalue weighted by atomic mass is 9.79. The highest BCUT2D eigenvalue weighted by atomic mass is 16.2. The summed E-state index contributed by atoms with van der Waals surface area (Å²) in [4.78, 5) is 60.9. The van der Waals surface area contributed by atoms with Gasteiger partial charge in [0.2, 0.25) is 17.7 Å². The van der Waals surface area contributed by atoms with Crippen molar-refractivity contribution >= 4 is 35.3 Å². The Morgan fingerprint density at radius 3 is 2.46 bits per heavy atom. The second-order valence-corrected chi connectivity index (χ2v) is 12.9. The van der Waals surface area contributed by atoms with Gasteiger partial charge >= 0.3 is 6.03 Å². The lowest BCUT2D eigenvalue weighted by Gasteiger charge is -2.41. The van der Waals surface area contributed by atoms with E-state index >= 15 is 0 Å². The highest BCUT2D eigenvalue weighted by Gasteiger charge is 2.51. The fraction of sp³-hybridized carbons (Fsp3) is 0.400. The highest BCUT2D eigenvalue weighted by molar-refractivity contribution is 6.06. The van der Waals surface area contributed by atoms with Crippen LogP contribution in [0, 0.1) is 5.41 Å². The Balaban J connectivity index is 1.20. The molecule has 11 heteroatoms. The number of piperidine rings is 1. The summed E-state index contributed by atoms with van der Waals surface area (Å²) in [5, 5.41) is 11.8. The van der Waals surface area contributed by atoms with E-state index < -0.39 is 10.8 Å². The van der Waals surface area contributed by atoms with Crippen LogP contribution in [0.25, 0.3) is 0 Å². The molecule has 0 radical (unpaired) electrons. The zero-order chi connectivity index (χ0) is 32.5. The highest BCUT2D eigenvalue weighted by Crippen LogP contribution is 2.47. The van der Waals surface area contributed by atoms with Crippen molar-refractivity contribution in [1.82, 2.24) is 25.4 Å². The molecule has 1 atom stereocenters. The quantitative estimate of drug-likeness (QED) is 0.305. The fourth-order valence-electron chi connectivity index (χ4n) is 7.16. The van der Waals surface area contributed by atoms with Crippen molar-refractivity contribution in [3.8, 4) is 0 Å². The van der Waals surface area contributed by atoms with Crippen molar-refractivity contribution in [3.05, 3.63) is 88.6 Å². The predicted molar refractivity (Wildman–Crippen MR) is 175 cm³/mol. The zero-order valence-electron chi connectivity index (χ0n) is 26.6. The Bertz CT molecular complexity index is 1680. The smallest absolute Gasteiger partial charge is 0.317 e. The first-order chi connectivity index (χ1) is 22.2. The van der Waals surface area contributed by atoms with Crippen molar-refractivity contribution < 1.29 is 19.2 Å². The normalized spacial score (nSPS) is 19.3. The zero-order valence-corrected chi connectivity index (χ0v) is 26.6. The minimum absolute atomic E-state index is 0.0506. The maximum atomic E-state index is 14.2. The number of anilines is 2. The SMILES string of the molecule is CNCc1ccccc1CN(CC(=O)Nc1ccc2c(c1)CC1(C2)C(=O)Nc2ncccc21)C(=O)C1(C)CCN(C(=O)NC)CC1. The average Bonchev–Trinajstić information content (AvgIpc) is 3.57. The van der Waals surface area contributed by atoms with Gasteiger partial charge in [-0.05, 0) is 73.2 Å². The number of pyridine rings is 1. The summed E-state index contributed by atoms with van der Waals surface area (Å²) in [6, 6.07) is 17.3. The van der Waals surface area contributed by atoms with Gasteiger partial charge in [0, 0.05) is 56.1 Å². The number of nitrogens with one attached hydrogen (secondary N) is 4. The van der Waals surface area contributed by atoms with E-state index in [0.29, 0.717) is 56.8 Å². The van der Waals surface area contributed by atoms with Gasteiger partial charge in [-0.15, -0.1) is 0 Å². The van der Waals surface area contributed by atoms with Crippen molar-refractivity contribution in [3.63, 3.8) is 0 Å². The Kier molecular flexibility index (Phi) is 8.52. The third kappa shape index (κ3) is 5.82. The summed E-state index contributed by atoms with van der Waals surface area (Å²) in [6.07, 6.45) is 3.79. The van der Waals surface area contributed by atoms with E-state index in [1.807, 2.05) is 68.6 Å². The molecular weight excluding hydrogens is 582 g/mol. The number of carbonyl (C=O) groups is 4. The second-order valence-electron chi connectivity index (χ2n) is 12.9. The third-order valence-corrected chi connectivity index (χ3v) is 9.82. The molecule has 2 aromatic carbocycles. The molecule has 1 unspecified atom stereocenters. The molecule has 3 aromatic rings. The molecule has 240 valence electrons. The van der Waals surface area contributed by atoms with Gasteiger partial charge in [-0.3, -0.25) is 14.4 Å². The van der Waals surface area contributed by atoms with E-state index in [0.717, 1.165) is 27.8 Å². The maximum absolute atomic E-state index is 14.2. The number of amides is 5. The number of benzene rings is 2. The van der Waals surface area contributed by atoms with Crippen LogP contribution in [0.15, 0.2) is 60.8 Å². The Morgan fingerprint density at radius 2 is 1.72 bits per heavy atom. The van der Waals surface area contributed by atoms with Gasteiger partial charge in [-0.25, -0.2) is 9.78 Å². The molecule has 11 nitrogen and oxygen atoms in total. The molecule has 6 rings (SSSR count). The van der Waals surface area contributed by atoms with Gasteiger partial charge < -0.3 is 31.1 Å². The minimum Gasteiger partial charge on any atom is -0.341 e. The second kappa shape index (κ2) is 12.6. The van der Waals surface area contributed by atoms with Crippen LogP contribution >= 0.6 is 0 Å². The van der Waals surface area contributed by atoms with E-state index in [9.17, 15) is 19.2 Å². The lowest BCUT2D eigenvalue weighted by molar-refractivity contribution is -0.146. The van der Waals surface area contributed by atoms with Gasteiger partial charge in [-0.1, -0.05) is 43.3 Å². The summed E-state index contributed by atoms with van der Waals surface area (Å²) in [5.41, 5.74) is 4.23. The van der Waals surface area contributed by atoms with Gasteiger partial charge in [-0.2, -0.15) is 0 Å². The van der Waals surface area contributed by atoms with Crippen molar-refractivity contribution in [1.29, 1.82) is 0 Å². The predicted octanol–water partition coefficient (Wildman–Crippen LogP) is 3.20. The maximum Gasteiger partial charge on any atom is 0.317 e. The monoisotopic (exact) mass is 623 g/mol. The molecule has 4 N–H and O–H groups in total. The summed E-state index contributed by atoms with van der Waals surface area (Å²) >= 11 is 0. The molecule has 5 amide bonds. The van der Waals surface area contributed by atoms with Gasteiger partial charge in [0.25, 0.3) is 0 Å². The molecule has 3 aliphatic rings. The number of hydrogen-bond donors (Lipinski definition) is 4. The van der Waals surface area contributed by atoms with Crippen LogP contribution in [0.4, 0.5) is 16.3 Å². The van der Waals surface area contributed by atoms with Gasteiger partial charge in [0.15, 0.2) is 0 Å². The Morgan fingerprint density at radius 1 is 0.978 bits per heavy atom. The standard InChI is InChI=1S/C35H41N7O4/c1-34(12-15-41(16-13-34)33(46)37-3)32(45)42(21-25-8-5-4-7-24(25)20-36-2)22-29(43)39-27-11-10-23-18-35(19-26(23)17-27)28-9-6-14-38-30(28)40-31(35)44/h4-11,14,17,36H,12-13,15-16,18-22H2,1-3H3,(H,37,46)(H,39,43)(H,38,40,44). The molecule has 46 heavy (non-hydrogen) atoms. The van der Waals surface area contributed by atoms with E-state index in [1.54, 1.807) is 23.0 Å². The number of carbonyl (C=O) groups excluding carboxylic acids is 4. The minimum atomic E-state index is -0.711. The molecule has 2 aliphatic heterocycles. The van der Waals surface area contributed by atoms with Crippen LogP contribution in [-0.4, -0.2) is 72.3 Å². The number of aromatic nitrogens is 1. The summed E-state index contributed by atoms with van der Waals surface area (Å²) < 4.78 is 0. The molecule has 1 spiro atoms. The van der Waals surface area contributed by atoms with E-state index in [-0.39, 0.29) is 36.8 Å². The van der Waals surface area contributed by atoms with Crippen LogP contribution in [0.1, 0.15) is 47.6 Å². The first-order valence-corrected chi connectivity index (χ1v) is 15.8.